The van der Waals surface area contributed by atoms with Crippen molar-refractivity contribution in [2.45, 2.75) is 0 Å². The fourth-order valence-corrected chi connectivity index (χ4v) is 0.291. The van der Waals surface area contributed by atoms with Crippen LogP contribution >= 0.6 is 23.2 Å². The van der Waals surface area contributed by atoms with Crippen LogP contribution in [0.2, 0.25) is 0 Å². The van der Waals surface area contributed by atoms with Gasteiger partial charge in [0, 0.05) is 11.6 Å². The normalized spacial score (nSPS) is 9.67. The predicted octanol–water partition coefficient (Wildman–Crippen LogP) is 1.50. The Bertz CT molecular complexity index is 76.9. The van der Waals surface area contributed by atoms with Gasteiger partial charge in [-0.15, -0.1) is 0 Å². The second kappa shape index (κ2) is 3.19. The molecule has 1 nitrogen and oxygen atoms in total. The van der Waals surface area contributed by atoms with E-state index in [0.717, 1.165) is 11.6 Å². The van der Waals surface area contributed by atoms with Crippen LogP contribution in [0.1, 0.15) is 0 Å². The predicted molar refractivity (Wildman–Crippen MR) is 25.9 cm³/mol. The highest BCUT2D eigenvalue weighted by Gasteiger charge is 1.78. The summed E-state index contributed by atoms with van der Waals surface area (Å²) in [5.41, 5.74) is 1.06. The van der Waals surface area contributed by atoms with Crippen LogP contribution in [-0.4, -0.2) is 5.24 Å². The Balaban J connectivity index is 3.30. The number of hydrogen-bond donors (Lipinski definition) is 0. The second-order valence-electron chi connectivity index (χ2n) is 0.597. The van der Waals surface area contributed by atoms with Crippen LogP contribution in [0.4, 0.5) is 0 Å². The van der Waals surface area contributed by atoms with Crippen LogP contribution in [0.3, 0.4) is 0 Å². The summed E-state index contributed by atoms with van der Waals surface area (Å²) in [5.74, 6) is 0. The molecule has 0 rings (SSSR count). The van der Waals surface area contributed by atoms with E-state index in [9.17, 15) is 4.79 Å². The molecule has 0 bridgehead atoms. The summed E-state index contributed by atoms with van der Waals surface area (Å²) in [4.78, 5) is 9.64. The third-order valence-electron chi connectivity index (χ3n) is 0.194. The van der Waals surface area contributed by atoms with E-state index in [2.05, 4.69) is 0 Å². The fraction of sp³-hybridized carbons (Fsp3) is 0. The lowest BCUT2D eigenvalue weighted by molar-refractivity contribution is -0.107. The zero-order valence-corrected chi connectivity index (χ0v) is 4.33. The molecule has 0 heterocycles. The van der Waals surface area contributed by atoms with Crippen LogP contribution in [-0.2, 0) is 4.79 Å². The van der Waals surface area contributed by atoms with Gasteiger partial charge in [0.15, 0.2) is 0 Å². The lowest BCUT2D eigenvalue weighted by Crippen LogP contribution is -1.69. The molecule has 0 amide bonds. The molecule has 6 heavy (non-hydrogen) atoms. The third-order valence-corrected chi connectivity index (χ3v) is 0.446. The molecular weight excluding hydrogens is 123 g/mol. The van der Waals surface area contributed by atoms with Crippen molar-refractivity contribution in [1.82, 2.24) is 0 Å². The van der Waals surface area contributed by atoms with Gasteiger partial charge in [0.1, 0.15) is 0 Å². The van der Waals surface area contributed by atoms with E-state index in [-0.39, 0.29) is 0 Å². The second-order valence-corrected chi connectivity index (χ2v) is 1.22. The minimum Gasteiger partial charge on any atom is -0.276 e. The highest BCUT2D eigenvalue weighted by atomic mass is 35.5. The Kier molecular flexibility index (Phi) is 3.19. The van der Waals surface area contributed by atoms with E-state index < -0.39 is 5.24 Å². The SMILES string of the molecule is O=C(Cl)C=CCl. The van der Waals surface area contributed by atoms with Gasteiger partial charge >= 0.3 is 0 Å². The van der Waals surface area contributed by atoms with Gasteiger partial charge in [0.2, 0.25) is 5.24 Å². The van der Waals surface area contributed by atoms with Gasteiger partial charge in [-0.05, 0) is 11.6 Å². The lowest BCUT2D eigenvalue weighted by atomic mass is 10.7. The summed E-state index contributed by atoms with van der Waals surface area (Å²) in [7, 11) is 0. The molecule has 0 aliphatic rings. The van der Waals surface area contributed by atoms with Crippen molar-refractivity contribution in [3.8, 4) is 0 Å². The van der Waals surface area contributed by atoms with Crippen LogP contribution in [0.15, 0.2) is 11.6 Å². The summed E-state index contributed by atoms with van der Waals surface area (Å²) >= 11 is 9.68. The van der Waals surface area contributed by atoms with Gasteiger partial charge in [-0.2, -0.15) is 0 Å². The standard InChI is InChI=1S/C3H2Cl2O/c4-2-1-3(5)6/h1-2H. The number of hydrogen-bond acceptors (Lipinski definition) is 1. The van der Waals surface area contributed by atoms with Crippen molar-refractivity contribution in [2.24, 2.45) is 0 Å². The van der Waals surface area contributed by atoms with Gasteiger partial charge in [0.05, 0.1) is 0 Å². The Morgan fingerprint density at radius 2 is 2.17 bits per heavy atom. The summed E-state index contributed by atoms with van der Waals surface area (Å²) in [6, 6.07) is 0. The van der Waals surface area contributed by atoms with Gasteiger partial charge in [-0.3, -0.25) is 4.79 Å². The monoisotopic (exact) mass is 124 g/mol. The molecule has 0 atom stereocenters. The molecule has 0 radical (unpaired) electrons. The van der Waals surface area contributed by atoms with E-state index >= 15 is 0 Å². The Morgan fingerprint density at radius 3 is 2.17 bits per heavy atom. The Hall–Kier alpha value is -0.0100. The molecule has 3 heteroatoms. The number of rotatable bonds is 1. The molecule has 0 spiro atoms. The topological polar surface area (TPSA) is 17.1 Å². The smallest absolute Gasteiger partial charge is 0.246 e. The van der Waals surface area contributed by atoms with Crippen molar-refractivity contribution in [1.29, 1.82) is 0 Å². The van der Waals surface area contributed by atoms with Crippen LogP contribution in [0.5, 0.6) is 0 Å². The lowest BCUT2D eigenvalue weighted by Gasteiger charge is -1.63. The molecule has 0 saturated heterocycles. The van der Waals surface area contributed by atoms with Crippen molar-refractivity contribution < 1.29 is 4.79 Å². The van der Waals surface area contributed by atoms with Gasteiger partial charge in [-0.25, -0.2) is 0 Å². The average molecular weight is 125 g/mol. The quantitative estimate of drug-likeness (QED) is 0.383. The van der Waals surface area contributed by atoms with Crippen molar-refractivity contribution in [3.05, 3.63) is 11.6 Å². The molecule has 0 aliphatic carbocycles. The molecule has 0 fully saturated rings. The number of halogens is 2. The Morgan fingerprint density at radius 1 is 1.67 bits per heavy atom. The minimum absolute atomic E-state index is 0.551. The van der Waals surface area contributed by atoms with Gasteiger partial charge < -0.3 is 0 Å². The first-order valence-corrected chi connectivity index (χ1v) is 2.05. The molecular formula is C3H2Cl2O. The van der Waals surface area contributed by atoms with Gasteiger partial charge in [-0.1, -0.05) is 11.6 Å². The third kappa shape index (κ3) is 3.99. The van der Waals surface area contributed by atoms with E-state index in [1.165, 1.54) is 0 Å². The summed E-state index contributed by atoms with van der Waals surface area (Å²) in [6.07, 6.45) is 1.06. The van der Waals surface area contributed by atoms with Crippen molar-refractivity contribution in [3.63, 3.8) is 0 Å². The van der Waals surface area contributed by atoms with Crippen LogP contribution < -0.4 is 0 Å². The van der Waals surface area contributed by atoms with Crippen molar-refractivity contribution >= 4 is 28.4 Å². The first kappa shape index (κ1) is 5.99. The first-order valence-electron chi connectivity index (χ1n) is 1.23. The average Bonchev–Trinajstić information content (AvgIpc) is 1.35. The highest BCUT2D eigenvalue weighted by Crippen LogP contribution is 1.83. The van der Waals surface area contributed by atoms with E-state index in [1.807, 2.05) is 0 Å². The first-order chi connectivity index (χ1) is 2.77. The maximum Gasteiger partial charge on any atom is 0.246 e. The van der Waals surface area contributed by atoms with E-state index in [1.54, 1.807) is 0 Å². The number of allylic oxidation sites excluding steroid dienone is 1. The molecule has 0 aromatic rings. The zero-order valence-electron chi connectivity index (χ0n) is 2.82. The maximum atomic E-state index is 9.64. The van der Waals surface area contributed by atoms with Crippen LogP contribution in [0.25, 0.3) is 0 Å². The molecule has 0 saturated carbocycles. The molecule has 0 aromatic heterocycles. The summed E-state index contributed by atoms with van der Waals surface area (Å²) in [6.45, 7) is 0. The fourth-order valence-electron chi connectivity index (χ4n) is 0.0495. The summed E-state index contributed by atoms with van der Waals surface area (Å²) in [5, 5.41) is -0.551. The zero-order chi connectivity index (χ0) is 4.99. The van der Waals surface area contributed by atoms with Crippen LogP contribution in [0, 0.1) is 0 Å². The van der Waals surface area contributed by atoms with Crippen molar-refractivity contribution in [2.75, 3.05) is 0 Å². The molecule has 0 aliphatic heterocycles. The maximum absolute atomic E-state index is 9.64. The summed E-state index contributed by atoms with van der Waals surface area (Å²) < 4.78 is 0. The largest absolute Gasteiger partial charge is 0.276 e. The Labute approximate surface area is 45.5 Å². The minimum atomic E-state index is -0.551. The molecule has 34 valence electrons. The number of carbonyl (C=O) groups excluding carboxylic acids is 1. The van der Waals surface area contributed by atoms with E-state index in [4.69, 9.17) is 23.2 Å². The molecule has 0 aromatic carbocycles. The number of carbonyl (C=O) groups is 1. The highest BCUT2D eigenvalue weighted by molar-refractivity contribution is 6.66. The van der Waals surface area contributed by atoms with E-state index in [0.29, 0.717) is 0 Å². The molecule has 0 N–H and O–H groups in total. The molecule has 0 unspecified atom stereocenters. The van der Waals surface area contributed by atoms with Gasteiger partial charge in [0.25, 0.3) is 0 Å².